The van der Waals surface area contributed by atoms with Gasteiger partial charge in [-0.3, -0.25) is 0 Å². The van der Waals surface area contributed by atoms with Gasteiger partial charge in [0.2, 0.25) is 0 Å². The van der Waals surface area contributed by atoms with Gasteiger partial charge in [-0.2, -0.15) is 0 Å². The van der Waals surface area contributed by atoms with Crippen LogP contribution in [0.4, 0.5) is 8.78 Å². The van der Waals surface area contributed by atoms with Crippen LogP contribution in [0.3, 0.4) is 0 Å². The summed E-state index contributed by atoms with van der Waals surface area (Å²) in [4.78, 5) is 4.38. The Kier molecular flexibility index (Phi) is 3.34. The number of nitrogens with two attached hydrogens (primary N) is 1. The minimum Gasteiger partial charge on any atom is -0.328 e. The van der Waals surface area contributed by atoms with Crippen molar-refractivity contribution in [2.24, 2.45) is 5.73 Å². The lowest BCUT2D eigenvalue weighted by atomic mass is 10.2. The van der Waals surface area contributed by atoms with Crippen LogP contribution in [0.5, 0.6) is 0 Å². The first-order valence-corrected chi connectivity index (χ1v) is 6.02. The van der Waals surface area contributed by atoms with Crippen molar-refractivity contribution in [2.45, 2.75) is 32.7 Å². The summed E-state index contributed by atoms with van der Waals surface area (Å²) < 4.78 is 28.5. The minimum absolute atomic E-state index is 0.00254. The van der Waals surface area contributed by atoms with Crippen LogP contribution in [0, 0.1) is 11.6 Å². The lowest BCUT2D eigenvalue weighted by Crippen LogP contribution is -2.18. The Labute approximate surface area is 105 Å². The Morgan fingerprint density at radius 2 is 1.83 bits per heavy atom. The van der Waals surface area contributed by atoms with Gasteiger partial charge in [0.1, 0.15) is 5.82 Å². The summed E-state index contributed by atoms with van der Waals surface area (Å²) in [5.74, 6) is -0.767. The number of imidazole rings is 1. The van der Waals surface area contributed by atoms with Crippen LogP contribution >= 0.6 is 0 Å². The summed E-state index contributed by atoms with van der Waals surface area (Å²) >= 11 is 0. The summed E-state index contributed by atoms with van der Waals surface area (Å²) in [5.41, 5.74) is 6.74. The molecule has 0 saturated carbocycles. The van der Waals surface area contributed by atoms with E-state index in [9.17, 15) is 8.78 Å². The largest absolute Gasteiger partial charge is 0.328 e. The van der Waals surface area contributed by atoms with Gasteiger partial charge in [0.05, 0.1) is 11.0 Å². The van der Waals surface area contributed by atoms with Crippen molar-refractivity contribution in [1.82, 2.24) is 9.55 Å². The van der Waals surface area contributed by atoms with Gasteiger partial charge in [0.15, 0.2) is 11.6 Å². The molecule has 1 aromatic carbocycles. The lowest BCUT2D eigenvalue weighted by Gasteiger charge is -2.17. The number of hydrogen-bond donors (Lipinski definition) is 1. The number of nitrogens with zero attached hydrogens (tertiary/aromatic N) is 2. The Morgan fingerprint density at radius 3 is 2.39 bits per heavy atom. The second-order valence-electron chi connectivity index (χ2n) is 4.83. The third-order valence-corrected chi connectivity index (χ3v) is 3.06. The van der Waals surface area contributed by atoms with E-state index in [1.807, 2.05) is 25.3 Å². The highest BCUT2D eigenvalue weighted by Gasteiger charge is 2.19. The summed E-state index contributed by atoms with van der Waals surface area (Å²) in [6, 6.07) is 2.32. The van der Waals surface area contributed by atoms with E-state index in [-0.39, 0.29) is 12.0 Å². The number of rotatable bonds is 3. The normalized spacial score (nSPS) is 13.5. The zero-order valence-corrected chi connectivity index (χ0v) is 10.7. The molecule has 0 aliphatic heterocycles. The molecule has 2 rings (SSSR count). The van der Waals surface area contributed by atoms with Crippen LogP contribution in [-0.4, -0.2) is 16.1 Å². The first-order chi connectivity index (χ1) is 8.45. The fourth-order valence-electron chi connectivity index (χ4n) is 2.08. The molecule has 0 fully saturated rings. The first-order valence-electron chi connectivity index (χ1n) is 6.02. The molecule has 0 aliphatic rings. The minimum atomic E-state index is -0.872. The molecule has 1 unspecified atom stereocenters. The number of hydrogen-bond acceptors (Lipinski definition) is 2. The lowest BCUT2D eigenvalue weighted by molar-refractivity contribution is 0.507. The van der Waals surface area contributed by atoms with Crippen molar-refractivity contribution in [3.63, 3.8) is 0 Å². The second-order valence-corrected chi connectivity index (χ2v) is 4.83. The Balaban J connectivity index is 2.77. The van der Waals surface area contributed by atoms with Crippen LogP contribution in [0.25, 0.3) is 11.0 Å². The van der Waals surface area contributed by atoms with E-state index in [2.05, 4.69) is 4.98 Å². The van der Waals surface area contributed by atoms with Crippen molar-refractivity contribution >= 4 is 11.0 Å². The van der Waals surface area contributed by atoms with Crippen LogP contribution in [0.1, 0.15) is 38.6 Å². The third-order valence-electron chi connectivity index (χ3n) is 3.06. The van der Waals surface area contributed by atoms with Crippen molar-refractivity contribution < 1.29 is 8.78 Å². The molecule has 1 atom stereocenters. The predicted molar refractivity (Wildman–Crippen MR) is 67.5 cm³/mol. The number of halogens is 2. The zero-order chi connectivity index (χ0) is 13.4. The molecule has 98 valence electrons. The molecule has 1 heterocycles. The fraction of sp³-hybridized carbons (Fsp3) is 0.462. The maximum absolute atomic E-state index is 13.4. The van der Waals surface area contributed by atoms with E-state index in [0.29, 0.717) is 17.6 Å². The standard InChI is InChI=1S/C13H17F2N3/c1-7(2)13-17-11-4-9(14)10(15)5-12(11)18(13)8(3)6-16/h4-5,7-8H,6,16H2,1-3H3. The molecular formula is C13H17F2N3. The Bertz CT molecular complexity index is 575. The highest BCUT2D eigenvalue weighted by molar-refractivity contribution is 5.76. The van der Waals surface area contributed by atoms with E-state index in [4.69, 9.17) is 5.73 Å². The zero-order valence-electron chi connectivity index (χ0n) is 10.7. The van der Waals surface area contributed by atoms with Crippen LogP contribution in [0.15, 0.2) is 12.1 Å². The maximum Gasteiger partial charge on any atom is 0.161 e. The van der Waals surface area contributed by atoms with E-state index in [0.717, 1.165) is 11.9 Å². The van der Waals surface area contributed by atoms with E-state index >= 15 is 0 Å². The van der Waals surface area contributed by atoms with Crippen molar-refractivity contribution in [3.8, 4) is 0 Å². The van der Waals surface area contributed by atoms with Gasteiger partial charge in [0.25, 0.3) is 0 Å². The van der Waals surface area contributed by atoms with Crippen molar-refractivity contribution in [3.05, 3.63) is 29.6 Å². The summed E-state index contributed by atoms with van der Waals surface area (Å²) in [5, 5.41) is 0. The molecule has 0 amide bonds. The smallest absolute Gasteiger partial charge is 0.161 e. The number of benzene rings is 1. The molecule has 5 heteroatoms. The molecule has 0 saturated heterocycles. The fourth-order valence-corrected chi connectivity index (χ4v) is 2.08. The predicted octanol–water partition coefficient (Wildman–Crippen LogP) is 2.96. The molecule has 2 aromatic rings. The second kappa shape index (κ2) is 4.65. The monoisotopic (exact) mass is 253 g/mol. The Hall–Kier alpha value is -1.49. The highest BCUT2D eigenvalue weighted by Crippen LogP contribution is 2.27. The molecule has 3 nitrogen and oxygen atoms in total. The van der Waals surface area contributed by atoms with E-state index in [1.54, 1.807) is 0 Å². The van der Waals surface area contributed by atoms with Gasteiger partial charge in [-0.05, 0) is 6.92 Å². The number of fused-ring (bicyclic) bond motifs is 1. The van der Waals surface area contributed by atoms with Gasteiger partial charge >= 0.3 is 0 Å². The van der Waals surface area contributed by atoms with E-state index in [1.165, 1.54) is 6.07 Å². The van der Waals surface area contributed by atoms with E-state index < -0.39 is 11.6 Å². The molecule has 2 N–H and O–H groups in total. The van der Waals surface area contributed by atoms with Gasteiger partial charge in [-0.1, -0.05) is 13.8 Å². The molecule has 0 radical (unpaired) electrons. The average Bonchev–Trinajstić information content (AvgIpc) is 2.67. The molecule has 0 aliphatic carbocycles. The molecule has 0 spiro atoms. The summed E-state index contributed by atoms with van der Waals surface area (Å²) in [6.07, 6.45) is 0. The van der Waals surface area contributed by atoms with Crippen LogP contribution < -0.4 is 5.73 Å². The summed E-state index contributed by atoms with van der Waals surface area (Å²) in [7, 11) is 0. The molecular weight excluding hydrogens is 236 g/mol. The molecule has 1 aromatic heterocycles. The molecule has 0 bridgehead atoms. The van der Waals surface area contributed by atoms with Crippen molar-refractivity contribution in [2.75, 3.05) is 6.54 Å². The third kappa shape index (κ3) is 1.99. The van der Waals surface area contributed by atoms with Gasteiger partial charge in [0, 0.05) is 30.6 Å². The van der Waals surface area contributed by atoms with Crippen molar-refractivity contribution in [1.29, 1.82) is 0 Å². The number of aromatic nitrogens is 2. The van der Waals surface area contributed by atoms with Gasteiger partial charge in [-0.15, -0.1) is 0 Å². The SMILES string of the molecule is CC(C)c1nc2cc(F)c(F)cc2n1C(C)CN. The molecule has 18 heavy (non-hydrogen) atoms. The van der Waals surface area contributed by atoms with Gasteiger partial charge < -0.3 is 10.3 Å². The summed E-state index contributed by atoms with van der Waals surface area (Å²) in [6.45, 7) is 6.35. The Morgan fingerprint density at radius 1 is 1.22 bits per heavy atom. The first kappa shape index (κ1) is 13.0. The maximum atomic E-state index is 13.4. The van der Waals surface area contributed by atoms with Crippen LogP contribution in [-0.2, 0) is 0 Å². The quantitative estimate of drug-likeness (QED) is 0.914. The highest BCUT2D eigenvalue weighted by atomic mass is 19.2. The topological polar surface area (TPSA) is 43.8 Å². The van der Waals surface area contributed by atoms with Crippen LogP contribution in [0.2, 0.25) is 0 Å². The average molecular weight is 253 g/mol. The van der Waals surface area contributed by atoms with Gasteiger partial charge in [-0.25, -0.2) is 13.8 Å².